The second-order valence-corrected chi connectivity index (χ2v) is 5.29. The summed E-state index contributed by atoms with van der Waals surface area (Å²) in [6.07, 6.45) is 6.72. The summed E-state index contributed by atoms with van der Waals surface area (Å²) in [4.78, 5) is 4.15. The van der Waals surface area contributed by atoms with Crippen molar-refractivity contribution in [3.05, 3.63) is 12.0 Å². The van der Waals surface area contributed by atoms with Gasteiger partial charge in [-0.15, -0.1) is 0 Å². The Morgan fingerprint density at radius 3 is 2.75 bits per heavy atom. The first kappa shape index (κ1) is 11.5. The number of ether oxygens (including phenoxy) is 1. The van der Waals surface area contributed by atoms with Crippen molar-refractivity contribution in [2.24, 2.45) is 11.1 Å². The molecular weight excluding hydrogens is 204 g/mol. The van der Waals surface area contributed by atoms with E-state index in [1.54, 1.807) is 6.26 Å². The highest BCUT2D eigenvalue weighted by molar-refractivity contribution is 4.99. The maximum atomic E-state index is 5.70. The molecule has 0 radical (unpaired) electrons. The lowest BCUT2D eigenvalue weighted by Crippen LogP contribution is -2.28. The normalized spacial score (nSPS) is 20.9. The molecule has 0 atom stereocenters. The molecule has 0 bridgehead atoms. The van der Waals surface area contributed by atoms with Crippen molar-refractivity contribution < 1.29 is 9.15 Å². The number of hydrogen-bond acceptors (Lipinski definition) is 4. The van der Waals surface area contributed by atoms with E-state index < -0.39 is 0 Å². The predicted molar refractivity (Wildman–Crippen MR) is 61.1 cm³/mol. The van der Waals surface area contributed by atoms with Gasteiger partial charge in [0.1, 0.15) is 12.4 Å². The SMILES string of the molecule is CC1(C)CCC(Oc2nc(CN)co2)CC1. The summed E-state index contributed by atoms with van der Waals surface area (Å²) in [5, 5.41) is 0. The standard InChI is InChI=1S/C12H20N2O2/c1-12(2)5-3-10(4-6-12)16-11-14-9(7-13)8-15-11/h8,10H,3-7,13H2,1-2H3. The van der Waals surface area contributed by atoms with Gasteiger partial charge in [-0.05, 0) is 31.1 Å². The monoisotopic (exact) mass is 224 g/mol. The molecule has 1 aliphatic carbocycles. The molecule has 0 aliphatic heterocycles. The van der Waals surface area contributed by atoms with Crippen LogP contribution in [0.3, 0.4) is 0 Å². The van der Waals surface area contributed by atoms with Gasteiger partial charge in [-0.25, -0.2) is 0 Å². The summed E-state index contributed by atoms with van der Waals surface area (Å²) in [5.41, 5.74) is 6.65. The molecule has 0 spiro atoms. The Morgan fingerprint density at radius 1 is 1.50 bits per heavy atom. The second-order valence-electron chi connectivity index (χ2n) is 5.29. The molecule has 1 aliphatic rings. The first-order valence-electron chi connectivity index (χ1n) is 5.90. The average Bonchev–Trinajstić information content (AvgIpc) is 2.69. The van der Waals surface area contributed by atoms with Crippen LogP contribution < -0.4 is 10.5 Å². The van der Waals surface area contributed by atoms with Crippen molar-refractivity contribution in [3.63, 3.8) is 0 Å². The van der Waals surface area contributed by atoms with Crippen LogP contribution in [0.2, 0.25) is 0 Å². The van der Waals surface area contributed by atoms with Gasteiger partial charge >= 0.3 is 6.08 Å². The van der Waals surface area contributed by atoms with Crippen molar-refractivity contribution >= 4 is 0 Å². The van der Waals surface area contributed by atoms with Gasteiger partial charge in [-0.3, -0.25) is 0 Å². The summed E-state index contributed by atoms with van der Waals surface area (Å²) >= 11 is 0. The van der Waals surface area contributed by atoms with E-state index in [9.17, 15) is 0 Å². The summed E-state index contributed by atoms with van der Waals surface area (Å²) in [5.74, 6) is 0. The topological polar surface area (TPSA) is 61.3 Å². The number of hydrogen-bond donors (Lipinski definition) is 1. The molecule has 1 heterocycles. The Hall–Kier alpha value is -1.03. The highest BCUT2D eigenvalue weighted by atomic mass is 16.6. The van der Waals surface area contributed by atoms with Gasteiger partial charge in [-0.1, -0.05) is 13.8 Å². The molecule has 1 saturated carbocycles. The Bertz CT molecular complexity index is 337. The largest absolute Gasteiger partial charge is 0.447 e. The average molecular weight is 224 g/mol. The Kier molecular flexibility index (Phi) is 3.19. The van der Waals surface area contributed by atoms with E-state index in [2.05, 4.69) is 18.8 Å². The van der Waals surface area contributed by atoms with Gasteiger partial charge in [0.15, 0.2) is 0 Å². The van der Waals surface area contributed by atoms with Crippen LogP contribution in [0, 0.1) is 5.41 Å². The number of rotatable bonds is 3. The number of nitrogens with two attached hydrogens (primary N) is 1. The van der Waals surface area contributed by atoms with Gasteiger partial charge in [0.05, 0.1) is 5.69 Å². The first-order chi connectivity index (χ1) is 7.59. The minimum absolute atomic E-state index is 0.247. The minimum Gasteiger partial charge on any atom is -0.447 e. The third-order valence-electron chi connectivity index (χ3n) is 3.29. The molecule has 1 aromatic rings. The summed E-state index contributed by atoms with van der Waals surface area (Å²) in [6, 6.07) is 0. The molecule has 2 N–H and O–H groups in total. The number of aromatic nitrogens is 1. The third kappa shape index (κ3) is 2.76. The van der Waals surface area contributed by atoms with Crippen molar-refractivity contribution in [3.8, 4) is 6.08 Å². The van der Waals surface area contributed by atoms with E-state index in [1.165, 1.54) is 12.8 Å². The maximum Gasteiger partial charge on any atom is 0.394 e. The quantitative estimate of drug-likeness (QED) is 0.856. The summed E-state index contributed by atoms with van der Waals surface area (Å²) in [6.45, 7) is 5.01. The number of oxazole rings is 1. The van der Waals surface area contributed by atoms with Crippen molar-refractivity contribution in [2.45, 2.75) is 52.2 Å². The van der Waals surface area contributed by atoms with E-state index in [-0.39, 0.29) is 6.10 Å². The third-order valence-corrected chi connectivity index (χ3v) is 3.29. The molecule has 0 unspecified atom stereocenters. The maximum absolute atomic E-state index is 5.70. The van der Waals surface area contributed by atoms with Gasteiger partial charge in [0.25, 0.3) is 0 Å². The van der Waals surface area contributed by atoms with Crippen molar-refractivity contribution in [1.82, 2.24) is 4.98 Å². The van der Waals surface area contributed by atoms with Crippen LogP contribution in [-0.2, 0) is 6.54 Å². The molecule has 0 aromatic carbocycles. The molecule has 0 amide bonds. The lowest BCUT2D eigenvalue weighted by Gasteiger charge is -2.33. The van der Waals surface area contributed by atoms with E-state index >= 15 is 0 Å². The fraction of sp³-hybridized carbons (Fsp3) is 0.750. The van der Waals surface area contributed by atoms with E-state index in [4.69, 9.17) is 14.9 Å². The second kappa shape index (κ2) is 4.45. The van der Waals surface area contributed by atoms with E-state index in [0.29, 0.717) is 18.0 Å². The molecule has 4 heteroatoms. The lowest BCUT2D eigenvalue weighted by molar-refractivity contribution is 0.0726. The van der Waals surface area contributed by atoms with Crippen molar-refractivity contribution in [1.29, 1.82) is 0 Å². The fourth-order valence-electron chi connectivity index (χ4n) is 2.07. The predicted octanol–water partition coefficient (Wildman–Crippen LogP) is 2.48. The van der Waals surface area contributed by atoms with Gasteiger partial charge < -0.3 is 14.9 Å². The molecule has 1 aromatic heterocycles. The minimum atomic E-state index is 0.247. The van der Waals surface area contributed by atoms with Crippen LogP contribution in [0.15, 0.2) is 10.7 Å². The van der Waals surface area contributed by atoms with Gasteiger partial charge in [-0.2, -0.15) is 4.98 Å². The highest BCUT2D eigenvalue weighted by Crippen LogP contribution is 2.36. The molecule has 2 rings (SSSR count). The Labute approximate surface area is 96.2 Å². The molecule has 90 valence electrons. The highest BCUT2D eigenvalue weighted by Gasteiger charge is 2.28. The zero-order valence-electron chi connectivity index (χ0n) is 10.0. The van der Waals surface area contributed by atoms with Crippen LogP contribution >= 0.6 is 0 Å². The molecular formula is C12H20N2O2. The zero-order valence-corrected chi connectivity index (χ0v) is 10.0. The lowest BCUT2D eigenvalue weighted by atomic mass is 9.76. The van der Waals surface area contributed by atoms with E-state index in [1.807, 2.05) is 0 Å². The molecule has 4 nitrogen and oxygen atoms in total. The fourth-order valence-corrected chi connectivity index (χ4v) is 2.07. The van der Waals surface area contributed by atoms with Crippen LogP contribution in [0.25, 0.3) is 0 Å². The smallest absolute Gasteiger partial charge is 0.394 e. The van der Waals surface area contributed by atoms with Gasteiger partial charge in [0, 0.05) is 6.54 Å². The van der Waals surface area contributed by atoms with E-state index in [0.717, 1.165) is 18.5 Å². The summed E-state index contributed by atoms with van der Waals surface area (Å²) < 4.78 is 10.9. The van der Waals surface area contributed by atoms with Crippen LogP contribution in [0.1, 0.15) is 45.2 Å². The van der Waals surface area contributed by atoms with Crippen LogP contribution in [0.4, 0.5) is 0 Å². The van der Waals surface area contributed by atoms with Crippen molar-refractivity contribution in [2.75, 3.05) is 0 Å². The Morgan fingerprint density at radius 2 is 2.19 bits per heavy atom. The Balaban J connectivity index is 1.87. The van der Waals surface area contributed by atoms with Crippen LogP contribution in [0.5, 0.6) is 6.08 Å². The molecule has 1 fully saturated rings. The molecule has 0 saturated heterocycles. The van der Waals surface area contributed by atoms with Crippen LogP contribution in [-0.4, -0.2) is 11.1 Å². The number of nitrogens with zero attached hydrogens (tertiary/aromatic N) is 1. The molecule has 16 heavy (non-hydrogen) atoms. The van der Waals surface area contributed by atoms with Gasteiger partial charge in [0.2, 0.25) is 0 Å². The first-order valence-corrected chi connectivity index (χ1v) is 5.90. The summed E-state index contributed by atoms with van der Waals surface area (Å²) in [7, 11) is 0. The zero-order chi connectivity index (χ0) is 11.6.